The lowest BCUT2D eigenvalue weighted by Gasteiger charge is -2.21. The highest BCUT2D eigenvalue weighted by atomic mass is 19.4. The van der Waals surface area contributed by atoms with Crippen molar-refractivity contribution in [2.75, 3.05) is 6.86 Å². The maximum atomic E-state index is 11.4. The summed E-state index contributed by atoms with van der Waals surface area (Å²) in [5, 5.41) is 7.91. The smallest absolute Gasteiger partial charge is 0.423 e. The first-order valence-electron chi connectivity index (χ1n) is 4.49. The zero-order valence-corrected chi connectivity index (χ0v) is 9.11. The van der Waals surface area contributed by atoms with E-state index in [9.17, 15) is 35.5 Å². The second-order valence-corrected chi connectivity index (χ2v) is 2.88. The van der Waals surface area contributed by atoms with Gasteiger partial charge in [-0.3, -0.25) is 4.79 Å². The van der Waals surface area contributed by atoms with Crippen LogP contribution >= 0.6 is 0 Å². The van der Waals surface area contributed by atoms with Gasteiger partial charge in [0.05, 0.1) is 0 Å². The zero-order chi connectivity index (χ0) is 15.0. The average Bonchev–Trinajstić information content (AvgIpc) is 2.11. The number of carboxylic acids is 1. The van der Waals surface area contributed by atoms with E-state index in [0.717, 1.165) is 6.42 Å². The van der Waals surface area contributed by atoms with Crippen LogP contribution < -0.4 is 0 Å². The van der Waals surface area contributed by atoms with Crippen molar-refractivity contribution in [3.05, 3.63) is 0 Å². The molecule has 110 valence electrons. The molecule has 0 aliphatic heterocycles. The van der Waals surface area contributed by atoms with Crippen molar-refractivity contribution in [1.29, 1.82) is 0 Å². The third-order valence-electron chi connectivity index (χ3n) is 1.29. The number of carboxylic acid groups (broad SMARTS) is 1. The van der Waals surface area contributed by atoms with Crippen molar-refractivity contribution in [2.45, 2.75) is 38.2 Å². The minimum absolute atomic E-state index is 0.292. The van der Waals surface area contributed by atoms with Crippen LogP contribution in [0.4, 0.5) is 30.7 Å². The topological polar surface area (TPSA) is 46.5 Å². The predicted molar refractivity (Wildman–Crippen MR) is 45.5 cm³/mol. The van der Waals surface area contributed by atoms with Crippen molar-refractivity contribution in [2.24, 2.45) is 0 Å². The first-order chi connectivity index (χ1) is 7.96. The fourth-order valence-corrected chi connectivity index (χ4v) is 0.651. The van der Waals surface area contributed by atoms with Crippen LogP contribution in [0.3, 0.4) is 0 Å². The molecule has 0 saturated heterocycles. The van der Waals surface area contributed by atoms with Gasteiger partial charge >= 0.3 is 18.3 Å². The molecule has 0 atom stereocenters. The highest BCUT2D eigenvalue weighted by Crippen LogP contribution is 2.35. The maximum Gasteiger partial charge on any atom is 0.423 e. The van der Waals surface area contributed by atoms with Crippen LogP contribution in [0.2, 0.25) is 0 Å². The van der Waals surface area contributed by atoms with Gasteiger partial charge in [-0.05, 0) is 6.42 Å². The van der Waals surface area contributed by atoms with Gasteiger partial charge < -0.3 is 9.84 Å². The molecule has 18 heavy (non-hydrogen) atoms. The van der Waals surface area contributed by atoms with Gasteiger partial charge in [-0.25, -0.2) is 4.39 Å². The second kappa shape index (κ2) is 8.11. The molecule has 0 saturated carbocycles. The van der Waals surface area contributed by atoms with Gasteiger partial charge in [0.15, 0.2) is 6.86 Å². The zero-order valence-electron chi connectivity index (χ0n) is 9.11. The molecule has 0 aromatic carbocycles. The summed E-state index contributed by atoms with van der Waals surface area (Å²) in [6.45, 7) is -0.294. The standard InChI is InChI=1S/C4H3F7O.C4H8O2/c5-1-12-2(3(6,7)8)4(9,10)11;1-2-3-4(5)6/h2H,1H2;2-3H2,1H3,(H,5,6). The molecule has 0 rings (SSSR count). The molecule has 10 heteroatoms. The Morgan fingerprint density at radius 1 is 1.17 bits per heavy atom. The monoisotopic (exact) mass is 288 g/mol. The SMILES string of the molecule is CCCC(=O)O.FCOC(C(F)(F)F)C(F)(F)F. The van der Waals surface area contributed by atoms with Gasteiger partial charge in [0, 0.05) is 6.42 Å². The van der Waals surface area contributed by atoms with Gasteiger partial charge in [-0.2, -0.15) is 26.3 Å². The molecule has 0 spiro atoms. The Morgan fingerprint density at radius 3 is 1.61 bits per heavy atom. The summed E-state index contributed by atoms with van der Waals surface area (Å²) in [5.41, 5.74) is 0. The molecule has 0 aromatic rings. The van der Waals surface area contributed by atoms with Crippen molar-refractivity contribution >= 4 is 5.97 Å². The van der Waals surface area contributed by atoms with Gasteiger partial charge in [0.25, 0.3) is 6.10 Å². The number of aliphatic carboxylic acids is 1. The summed E-state index contributed by atoms with van der Waals surface area (Å²) < 4.78 is 82.3. The molecular weight excluding hydrogens is 277 g/mol. The quantitative estimate of drug-likeness (QED) is 0.807. The molecule has 0 aliphatic carbocycles. The first kappa shape index (κ1) is 19.3. The second-order valence-electron chi connectivity index (χ2n) is 2.88. The third-order valence-corrected chi connectivity index (χ3v) is 1.29. The van der Waals surface area contributed by atoms with Gasteiger partial charge in [-0.15, -0.1) is 0 Å². The number of carbonyl (C=O) groups is 1. The van der Waals surface area contributed by atoms with E-state index in [-0.39, 0.29) is 0 Å². The van der Waals surface area contributed by atoms with E-state index in [1.807, 2.05) is 6.92 Å². The number of ether oxygens (including phenoxy) is 1. The Balaban J connectivity index is 0. The summed E-state index contributed by atoms with van der Waals surface area (Å²) in [6, 6.07) is 0. The molecular formula is C8H11F7O3. The van der Waals surface area contributed by atoms with E-state index in [0.29, 0.717) is 6.42 Å². The summed E-state index contributed by atoms with van der Waals surface area (Å²) in [7, 11) is 0. The molecule has 0 fully saturated rings. The molecule has 0 amide bonds. The van der Waals surface area contributed by atoms with Crippen molar-refractivity contribution < 1.29 is 45.4 Å². The van der Waals surface area contributed by atoms with Crippen LogP contribution in [0.1, 0.15) is 19.8 Å². The Morgan fingerprint density at radius 2 is 1.56 bits per heavy atom. The summed E-state index contributed by atoms with van der Waals surface area (Å²) in [4.78, 5) is 9.60. The average molecular weight is 288 g/mol. The minimum atomic E-state index is -5.63. The Hall–Kier alpha value is -1.06. The van der Waals surface area contributed by atoms with E-state index in [2.05, 4.69) is 4.74 Å². The summed E-state index contributed by atoms with van der Waals surface area (Å²) in [5.74, 6) is -0.711. The predicted octanol–water partition coefficient (Wildman–Crippen LogP) is 3.29. The van der Waals surface area contributed by atoms with Crippen molar-refractivity contribution in [3.8, 4) is 0 Å². The van der Waals surface area contributed by atoms with E-state index in [4.69, 9.17) is 5.11 Å². The Bertz CT molecular complexity index is 222. The lowest BCUT2D eigenvalue weighted by atomic mass is 10.3. The number of alkyl halides is 7. The van der Waals surface area contributed by atoms with Crippen LogP contribution in [0.15, 0.2) is 0 Å². The number of hydrogen-bond acceptors (Lipinski definition) is 2. The molecule has 0 bridgehead atoms. The molecule has 1 N–H and O–H groups in total. The molecule has 0 unspecified atom stereocenters. The van der Waals surface area contributed by atoms with Gasteiger partial charge in [0.2, 0.25) is 0 Å². The van der Waals surface area contributed by atoms with Gasteiger partial charge in [-0.1, -0.05) is 6.92 Å². The van der Waals surface area contributed by atoms with Gasteiger partial charge in [0.1, 0.15) is 0 Å². The Kier molecular flexibility index (Phi) is 8.69. The molecule has 3 nitrogen and oxygen atoms in total. The number of hydrogen-bond donors (Lipinski definition) is 1. The normalized spacial score (nSPS) is 12.1. The molecule has 0 heterocycles. The summed E-state index contributed by atoms with van der Waals surface area (Å²) in [6.07, 6.45) is -14.3. The number of halogens is 7. The van der Waals surface area contributed by atoms with Crippen LogP contribution in [0.5, 0.6) is 0 Å². The fraction of sp³-hybridized carbons (Fsp3) is 0.875. The first-order valence-corrected chi connectivity index (χ1v) is 4.49. The van der Waals surface area contributed by atoms with Crippen LogP contribution in [-0.4, -0.2) is 36.4 Å². The highest BCUT2D eigenvalue weighted by molar-refractivity contribution is 5.66. The third kappa shape index (κ3) is 10.1. The van der Waals surface area contributed by atoms with Crippen molar-refractivity contribution in [3.63, 3.8) is 0 Å². The minimum Gasteiger partial charge on any atom is -0.481 e. The van der Waals surface area contributed by atoms with E-state index in [1.165, 1.54) is 0 Å². The summed E-state index contributed by atoms with van der Waals surface area (Å²) >= 11 is 0. The fourth-order valence-electron chi connectivity index (χ4n) is 0.651. The van der Waals surface area contributed by atoms with Crippen LogP contribution in [-0.2, 0) is 9.53 Å². The van der Waals surface area contributed by atoms with E-state index in [1.54, 1.807) is 0 Å². The molecule has 0 aliphatic rings. The van der Waals surface area contributed by atoms with Crippen LogP contribution in [0.25, 0.3) is 0 Å². The van der Waals surface area contributed by atoms with Crippen LogP contribution in [0, 0.1) is 0 Å². The Labute approximate surface area is 97.5 Å². The maximum absolute atomic E-state index is 11.4. The number of rotatable bonds is 4. The molecule has 0 radical (unpaired) electrons. The lowest BCUT2D eigenvalue weighted by Crippen LogP contribution is -2.44. The lowest BCUT2D eigenvalue weighted by molar-refractivity contribution is -0.327. The van der Waals surface area contributed by atoms with Crippen molar-refractivity contribution in [1.82, 2.24) is 0 Å². The largest absolute Gasteiger partial charge is 0.481 e. The molecule has 0 aromatic heterocycles. The van der Waals surface area contributed by atoms with E-state index < -0.39 is 31.3 Å². The van der Waals surface area contributed by atoms with E-state index >= 15 is 0 Å². The highest BCUT2D eigenvalue weighted by Gasteiger charge is 2.58.